The van der Waals surface area contributed by atoms with Crippen LogP contribution in [0.1, 0.15) is 58.9 Å². The van der Waals surface area contributed by atoms with Crippen molar-refractivity contribution in [1.29, 1.82) is 0 Å². The van der Waals surface area contributed by atoms with Crippen LogP contribution in [0.2, 0.25) is 0 Å². The molecular weight excluding hydrogens is 437 g/mol. The number of Topliss-reactive ketones (excluding diaryl/α,β-unsaturated/α-hetero) is 1. The van der Waals surface area contributed by atoms with Crippen molar-refractivity contribution in [3.05, 3.63) is 71.4 Å². The summed E-state index contributed by atoms with van der Waals surface area (Å²) in [4.78, 5) is 10.9. The lowest BCUT2D eigenvalue weighted by atomic mass is 9.87. The monoisotopic (exact) mass is 473 g/mol. The lowest BCUT2D eigenvalue weighted by molar-refractivity contribution is -0.113. The fourth-order valence-corrected chi connectivity index (χ4v) is 3.19. The van der Waals surface area contributed by atoms with Crippen LogP contribution in [0.15, 0.2) is 54.2 Å². The van der Waals surface area contributed by atoms with Gasteiger partial charge in [0.1, 0.15) is 11.6 Å². The molecule has 0 aliphatic carbocycles. The molecule has 180 valence electrons. The molecule has 0 saturated heterocycles. The maximum absolute atomic E-state index is 13.5. The van der Waals surface area contributed by atoms with Gasteiger partial charge in [0.05, 0.1) is 0 Å². The third-order valence-corrected chi connectivity index (χ3v) is 5.51. The maximum atomic E-state index is 13.5. The van der Waals surface area contributed by atoms with Crippen molar-refractivity contribution in [1.82, 2.24) is 0 Å². The predicted molar refractivity (Wildman–Crippen MR) is 129 cm³/mol. The zero-order chi connectivity index (χ0) is 24.9. The molecule has 0 aliphatic rings. The number of allylic oxidation sites excluding steroid dienone is 5. The number of nitrogens with two attached hydrogens (primary N) is 1. The van der Waals surface area contributed by atoms with Gasteiger partial charge < -0.3 is 5.73 Å². The summed E-state index contributed by atoms with van der Waals surface area (Å²) in [6.07, 6.45) is 8.54. The van der Waals surface area contributed by atoms with Gasteiger partial charge in [-0.3, -0.25) is 4.79 Å². The normalized spacial score (nSPS) is 13.5. The highest BCUT2D eigenvalue weighted by molar-refractivity contribution is 7.18. The van der Waals surface area contributed by atoms with Gasteiger partial charge in [0.2, 0.25) is 0 Å². The summed E-state index contributed by atoms with van der Waals surface area (Å²) in [5.41, 5.74) is 3.81. The van der Waals surface area contributed by atoms with E-state index in [9.17, 15) is 22.4 Å². The van der Waals surface area contributed by atoms with Gasteiger partial charge in [-0.25, -0.2) is 8.78 Å². The van der Waals surface area contributed by atoms with Crippen LogP contribution in [-0.4, -0.2) is 17.5 Å². The van der Waals surface area contributed by atoms with E-state index >= 15 is 0 Å². The number of carbonyl (C=O) groups is 1. The number of hydrogen-bond donors (Lipinski definition) is 1. The first-order valence-corrected chi connectivity index (χ1v) is 11.3. The lowest BCUT2D eigenvalue weighted by Gasteiger charge is -2.23. The first-order chi connectivity index (χ1) is 14.9. The van der Waals surface area contributed by atoms with E-state index in [1.165, 1.54) is 53.4 Å². The second-order valence-electron chi connectivity index (χ2n) is 7.80. The van der Waals surface area contributed by atoms with Crippen LogP contribution in [0, 0.1) is 17.6 Å². The second-order valence-corrected chi connectivity index (χ2v) is 8.52. The molecule has 32 heavy (non-hydrogen) atoms. The SMILES string of the molecule is C=C/C(=C\C=C(/C)C(F)(F)P)C(C)=O.CCCC(CCC)C(N)Cc1cc(F)ccc1F. The van der Waals surface area contributed by atoms with Gasteiger partial charge in [-0.05, 0) is 68.4 Å². The van der Waals surface area contributed by atoms with Gasteiger partial charge in [-0.1, -0.05) is 60.7 Å². The zero-order valence-corrected chi connectivity index (χ0v) is 20.6. The first-order valence-electron chi connectivity index (χ1n) is 10.8. The van der Waals surface area contributed by atoms with E-state index in [2.05, 4.69) is 20.4 Å². The average Bonchev–Trinajstić information content (AvgIpc) is 2.70. The van der Waals surface area contributed by atoms with Crippen molar-refractivity contribution in [2.75, 3.05) is 0 Å². The van der Waals surface area contributed by atoms with Gasteiger partial charge >= 0.3 is 0 Å². The van der Waals surface area contributed by atoms with Crippen molar-refractivity contribution in [2.45, 2.75) is 71.5 Å². The predicted octanol–water partition coefficient (Wildman–Crippen LogP) is 7.15. The smallest absolute Gasteiger partial charge is 0.280 e. The fourth-order valence-electron chi connectivity index (χ4n) is 3.09. The molecule has 1 aromatic rings. The summed E-state index contributed by atoms with van der Waals surface area (Å²) in [5.74, 6) is -0.571. The highest BCUT2D eigenvalue weighted by Gasteiger charge is 2.23. The Morgan fingerprint density at radius 3 is 2.16 bits per heavy atom. The zero-order valence-electron chi connectivity index (χ0n) is 19.4. The Morgan fingerprint density at radius 2 is 1.72 bits per heavy atom. The van der Waals surface area contributed by atoms with Crippen LogP contribution in [0.4, 0.5) is 17.6 Å². The molecule has 0 amide bonds. The maximum Gasteiger partial charge on any atom is 0.280 e. The molecule has 7 heteroatoms. The number of carbonyl (C=O) groups excluding carboxylic acids is 1. The Morgan fingerprint density at radius 1 is 1.16 bits per heavy atom. The minimum Gasteiger partial charge on any atom is -0.327 e. The molecule has 0 heterocycles. The minimum atomic E-state index is -2.93. The highest BCUT2D eigenvalue weighted by Crippen LogP contribution is 2.30. The van der Waals surface area contributed by atoms with E-state index in [0.717, 1.165) is 31.7 Å². The number of hydrogen-bond acceptors (Lipinski definition) is 2. The second kappa shape index (κ2) is 15.1. The van der Waals surface area contributed by atoms with Crippen molar-refractivity contribution in [2.24, 2.45) is 11.7 Å². The highest BCUT2D eigenvalue weighted by atomic mass is 31.0. The first kappa shape index (κ1) is 30.2. The summed E-state index contributed by atoms with van der Waals surface area (Å²) in [5, 5.41) is 0. The average molecular weight is 474 g/mol. The Kier molecular flexibility index (Phi) is 14.3. The van der Waals surface area contributed by atoms with Crippen LogP contribution >= 0.6 is 9.24 Å². The number of alkyl halides is 2. The van der Waals surface area contributed by atoms with Crippen molar-refractivity contribution < 1.29 is 22.4 Å². The van der Waals surface area contributed by atoms with E-state index < -0.39 is 11.5 Å². The van der Waals surface area contributed by atoms with Crippen molar-refractivity contribution >= 4 is 15.0 Å². The molecule has 0 fully saturated rings. The minimum absolute atomic E-state index is 0.0961. The fraction of sp³-hybridized carbons (Fsp3) is 0.480. The molecule has 2 unspecified atom stereocenters. The van der Waals surface area contributed by atoms with E-state index in [0.29, 0.717) is 23.5 Å². The summed E-state index contributed by atoms with van der Waals surface area (Å²) >= 11 is 0. The molecule has 2 atom stereocenters. The van der Waals surface area contributed by atoms with Gasteiger partial charge in [-0.2, -0.15) is 8.78 Å². The van der Waals surface area contributed by atoms with Crippen LogP contribution in [0.5, 0.6) is 0 Å². The summed E-state index contributed by atoms with van der Waals surface area (Å²) < 4.78 is 51.9. The number of benzene rings is 1. The van der Waals surface area contributed by atoms with Crippen LogP contribution in [0.25, 0.3) is 0 Å². The van der Waals surface area contributed by atoms with Crippen molar-refractivity contribution in [3.63, 3.8) is 0 Å². The molecule has 0 aliphatic heterocycles. The molecule has 2 nitrogen and oxygen atoms in total. The molecule has 2 N–H and O–H groups in total. The van der Waals surface area contributed by atoms with Crippen molar-refractivity contribution in [3.8, 4) is 0 Å². The molecule has 0 radical (unpaired) electrons. The molecule has 1 rings (SSSR count). The largest absolute Gasteiger partial charge is 0.327 e. The Hall–Kier alpha value is -1.78. The van der Waals surface area contributed by atoms with E-state index in [1.54, 1.807) is 0 Å². The molecule has 0 saturated carbocycles. The quantitative estimate of drug-likeness (QED) is 0.160. The van der Waals surface area contributed by atoms with Gasteiger partial charge in [-0.15, -0.1) is 0 Å². The van der Waals surface area contributed by atoms with E-state index in [4.69, 9.17) is 5.73 Å². The Balaban J connectivity index is 0.000000622. The molecule has 0 bridgehead atoms. The molecule has 0 spiro atoms. The lowest BCUT2D eigenvalue weighted by Crippen LogP contribution is -2.32. The van der Waals surface area contributed by atoms with E-state index in [-0.39, 0.29) is 23.2 Å². The Bertz CT molecular complexity index is 794. The summed E-state index contributed by atoms with van der Waals surface area (Å²) in [7, 11) is 1.43. The van der Waals surface area contributed by atoms with Gasteiger partial charge in [0, 0.05) is 11.6 Å². The summed E-state index contributed by atoms with van der Waals surface area (Å²) in [6.45, 7) is 10.3. The van der Waals surface area contributed by atoms with E-state index in [1.807, 2.05) is 0 Å². The molecule has 1 aromatic carbocycles. The number of rotatable bonds is 11. The number of halogens is 4. The standard InChI is InChI=1S/C15H23F2N.C10H13F2OP/c1-3-5-11(6-4-2)15(18)10-12-9-13(16)7-8-14(12)17;1-4-9(8(3)13)6-5-7(2)10(11,12)14/h7-9,11,15H,3-6,10,18H2,1-2H3;4-6H,1,14H2,2-3H3/b;7-5+,9-6+. The molecule has 0 aromatic heterocycles. The van der Waals surface area contributed by atoms with Crippen LogP contribution < -0.4 is 5.73 Å². The summed E-state index contributed by atoms with van der Waals surface area (Å²) in [6, 6.07) is 3.47. The van der Waals surface area contributed by atoms with Crippen LogP contribution in [-0.2, 0) is 11.2 Å². The third-order valence-electron chi connectivity index (χ3n) is 5.05. The number of ketones is 1. The topological polar surface area (TPSA) is 43.1 Å². The third kappa shape index (κ3) is 11.7. The van der Waals surface area contributed by atoms with Crippen LogP contribution in [0.3, 0.4) is 0 Å². The van der Waals surface area contributed by atoms with Gasteiger partial charge in [0.15, 0.2) is 5.78 Å². The van der Waals surface area contributed by atoms with Gasteiger partial charge in [0.25, 0.3) is 5.66 Å². The molecular formula is C25H36F4NOP. The Labute approximate surface area is 192 Å².